The zero-order valence-corrected chi connectivity index (χ0v) is 13.4. The summed E-state index contributed by atoms with van der Waals surface area (Å²) in [5.74, 6) is 0.591. The van der Waals surface area contributed by atoms with Crippen LogP contribution < -0.4 is 5.73 Å². The van der Waals surface area contributed by atoms with Gasteiger partial charge in [0, 0.05) is 25.7 Å². The van der Waals surface area contributed by atoms with Gasteiger partial charge in [0.2, 0.25) is 0 Å². The molecule has 0 amide bonds. The van der Waals surface area contributed by atoms with Crippen LogP contribution >= 0.6 is 11.3 Å². The van der Waals surface area contributed by atoms with Crippen molar-refractivity contribution in [2.45, 2.75) is 6.54 Å². The number of nitrogens with two attached hydrogens (primary N) is 1. The van der Waals surface area contributed by atoms with Crippen LogP contribution in [0.5, 0.6) is 0 Å². The van der Waals surface area contributed by atoms with Crippen molar-refractivity contribution in [3.63, 3.8) is 0 Å². The van der Waals surface area contributed by atoms with Gasteiger partial charge in [0.25, 0.3) is 0 Å². The van der Waals surface area contributed by atoms with Crippen LogP contribution in [0.2, 0.25) is 0 Å². The molecule has 0 spiro atoms. The van der Waals surface area contributed by atoms with Crippen molar-refractivity contribution in [3.05, 3.63) is 83.9 Å². The highest BCUT2D eigenvalue weighted by molar-refractivity contribution is 7.25. The van der Waals surface area contributed by atoms with Gasteiger partial charge in [-0.05, 0) is 17.7 Å². The summed E-state index contributed by atoms with van der Waals surface area (Å²) in [6.45, 7) is 0.608. The second-order valence-corrected chi connectivity index (χ2v) is 6.58. The molecule has 3 aromatic carbocycles. The zero-order chi connectivity index (χ0) is 15.6. The van der Waals surface area contributed by atoms with Gasteiger partial charge in [-0.15, -0.1) is 11.3 Å². The van der Waals surface area contributed by atoms with Gasteiger partial charge in [-0.3, -0.25) is 4.99 Å². The number of benzene rings is 3. The average molecular weight is 316 g/mol. The minimum atomic E-state index is 0.591. The molecular formula is C20H16N2S. The number of rotatable bonds is 3. The van der Waals surface area contributed by atoms with Crippen LogP contribution in [0.3, 0.4) is 0 Å². The van der Waals surface area contributed by atoms with Gasteiger partial charge in [0.05, 0.1) is 6.54 Å². The molecular weight excluding hydrogens is 300 g/mol. The molecule has 0 fully saturated rings. The fourth-order valence-corrected chi connectivity index (χ4v) is 3.88. The average Bonchev–Trinajstić information content (AvgIpc) is 2.98. The lowest BCUT2D eigenvalue weighted by atomic mass is 10.1. The van der Waals surface area contributed by atoms with Crippen molar-refractivity contribution in [3.8, 4) is 0 Å². The predicted octanol–water partition coefficient (Wildman–Crippen LogP) is 4.96. The van der Waals surface area contributed by atoms with E-state index in [1.54, 1.807) is 11.3 Å². The molecule has 4 aromatic rings. The molecule has 0 bridgehead atoms. The van der Waals surface area contributed by atoms with E-state index in [1.165, 1.54) is 25.7 Å². The van der Waals surface area contributed by atoms with Gasteiger partial charge in [-0.2, -0.15) is 0 Å². The van der Waals surface area contributed by atoms with Crippen molar-refractivity contribution in [1.82, 2.24) is 0 Å². The molecule has 2 nitrogen and oxygen atoms in total. The topological polar surface area (TPSA) is 38.4 Å². The molecule has 4 rings (SSSR count). The first kappa shape index (κ1) is 14.0. The van der Waals surface area contributed by atoms with E-state index in [4.69, 9.17) is 5.73 Å². The van der Waals surface area contributed by atoms with Crippen LogP contribution in [0.25, 0.3) is 20.2 Å². The molecule has 0 saturated heterocycles. The second-order valence-electron chi connectivity index (χ2n) is 5.50. The van der Waals surface area contributed by atoms with Crippen LogP contribution in [0, 0.1) is 0 Å². The lowest BCUT2D eigenvalue weighted by Gasteiger charge is -2.02. The lowest BCUT2D eigenvalue weighted by molar-refractivity contribution is 1.06. The minimum absolute atomic E-state index is 0.591. The lowest BCUT2D eigenvalue weighted by Crippen LogP contribution is -2.13. The Labute approximate surface area is 138 Å². The first-order valence-electron chi connectivity index (χ1n) is 7.57. The number of hydrogen-bond acceptors (Lipinski definition) is 2. The molecule has 1 heterocycles. The Morgan fingerprint density at radius 2 is 1.57 bits per heavy atom. The quantitative estimate of drug-likeness (QED) is 0.421. The summed E-state index contributed by atoms with van der Waals surface area (Å²) >= 11 is 1.80. The summed E-state index contributed by atoms with van der Waals surface area (Å²) in [6.07, 6.45) is 0. The highest BCUT2D eigenvalue weighted by atomic mass is 32.1. The van der Waals surface area contributed by atoms with Gasteiger partial charge < -0.3 is 5.73 Å². The van der Waals surface area contributed by atoms with Crippen molar-refractivity contribution in [2.75, 3.05) is 0 Å². The van der Waals surface area contributed by atoms with E-state index in [0.717, 1.165) is 5.56 Å². The van der Waals surface area contributed by atoms with Crippen molar-refractivity contribution < 1.29 is 0 Å². The van der Waals surface area contributed by atoms with Crippen LogP contribution in [0.4, 0.5) is 0 Å². The molecule has 23 heavy (non-hydrogen) atoms. The van der Waals surface area contributed by atoms with Crippen molar-refractivity contribution in [1.29, 1.82) is 0 Å². The van der Waals surface area contributed by atoms with Gasteiger partial charge in [-0.1, -0.05) is 60.7 Å². The number of aliphatic imine (C=N–C) groups is 1. The Morgan fingerprint density at radius 3 is 2.43 bits per heavy atom. The van der Waals surface area contributed by atoms with E-state index in [1.807, 2.05) is 18.2 Å². The number of fused-ring (bicyclic) bond motifs is 3. The predicted molar refractivity (Wildman–Crippen MR) is 100 cm³/mol. The summed E-state index contributed by atoms with van der Waals surface area (Å²) in [6, 6.07) is 25.0. The second kappa shape index (κ2) is 5.86. The normalized spacial score (nSPS) is 12.1. The first-order chi connectivity index (χ1) is 11.3. The van der Waals surface area contributed by atoms with E-state index in [2.05, 4.69) is 59.6 Å². The number of hydrogen-bond donors (Lipinski definition) is 1. The maximum Gasteiger partial charge on any atom is 0.126 e. The van der Waals surface area contributed by atoms with E-state index in [9.17, 15) is 0 Å². The molecule has 0 radical (unpaired) electrons. The van der Waals surface area contributed by atoms with E-state index in [0.29, 0.717) is 12.4 Å². The Morgan fingerprint density at radius 1 is 0.826 bits per heavy atom. The van der Waals surface area contributed by atoms with Crippen LogP contribution in [0.1, 0.15) is 11.1 Å². The summed E-state index contributed by atoms with van der Waals surface area (Å²) in [4.78, 5) is 4.52. The monoisotopic (exact) mass is 316 g/mol. The van der Waals surface area contributed by atoms with Gasteiger partial charge in [0.1, 0.15) is 5.84 Å². The summed E-state index contributed by atoms with van der Waals surface area (Å²) in [5, 5.41) is 2.59. The maximum absolute atomic E-state index is 6.18. The maximum atomic E-state index is 6.18. The van der Waals surface area contributed by atoms with Crippen LogP contribution in [-0.4, -0.2) is 5.84 Å². The third kappa shape index (κ3) is 2.71. The third-order valence-electron chi connectivity index (χ3n) is 3.95. The Hall–Kier alpha value is -2.65. The Kier molecular flexibility index (Phi) is 3.56. The number of thiophene rings is 1. The summed E-state index contributed by atoms with van der Waals surface area (Å²) < 4.78 is 2.56. The molecule has 1 aromatic heterocycles. The molecule has 0 unspecified atom stereocenters. The molecule has 0 aliphatic rings. The molecule has 0 atom stereocenters. The highest BCUT2D eigenvalue weighted by Crippen LogP contribution is 2.33. The molecule has 0 saturated carbocycles. The number of nitrogens with zero attached hydrogens (tertiary/aromatic N) is 1. The van der Waals surface area contributed by atoms with Gasteiger partial charge in [0.15, 0.2) is 0 Å². The number of amidine groups is 1. The molecule has 0 aliphatic heterocycles. The third-order valence-corrected chi connectivity index (χ3v) is 5.08. The highest BCUT2D eigenvalue weighted by Gasteiger charge is 2.06. The fraction of sp³-hybridized carbons (Fsp3) is 0.0500. The summed E-state index contributed by atoms with van der Waals surface area (Å²) in [7, 11) is 0. The van der Waals surface area contributed by atoms with E-state index < -0.39 is 0 Å². The van der Waals surface area contributed by atoms with Gasteiger partial charge >= 0.3 is 0 Å². The van der Waals surface area contributed by atoms with E-state index in [-0.39, 0.29) is 0 Å². The smallest absolute Gasteiger partial charge is 0.126 e. The van der Waals surface area contributed by atoms with Crippen molar-refractivity contribution >= 4 is 37.3 Å². The largest absolute Gasteiger partial charge is 0.383 e. The van der Waals surface area contributed by atoms with E-state index >= 15 is 0 Å². The Bertz CT molecular complexity index is 1000. The molecule has 112 valence electrons. The zero-order valence-electron chi connectivity index (χ0n) is 12.6. The van der Waals surface area contributed by atoms with Gasteiger partial charge in [-0.25, -0.2) is 0 Å². The van der Waals surface area contributed by atoms with Crippen LogP contribution in [0.15, 0.2) is 77.8 Å². The first-order valence-corrected chi connectivity index (χ1v) is 8.38. The SMILES string of the molecule is NC(=NCc1ccccc1)c1ccc2c(c1)sc1ccccc12. The van der Waals surface area contributed by atoms with Crippen LogP contribution in [-0.2, 0) is 6.54 Å². The summed E-state index contributed by atoms with van der Waals surface area (Å²) in [5.41, 5.74) is 8.33. The standard InChI is InChI=1S/C20H16N2S/c21-20(22-13-14-6-2-1-3-7-14)15-10-11-17-16-8-4-5-9-18(16)23-19(17)12-15/h1-12H,13H2,(H2,21,22). The molecule has 2 N–H and O–H groups in total. The van der Waals surface area contributed by atoms with Crippen molar-refractivity contribution in [2.24, 2.45) is 10.7 Å². The molecule has 3 heteroatoms. The molecule has 0 aliphatic carbocycles. The Balaban J connectivity index is 1.69. The fourth-order valence-electron chi connectivity index (χ4n) is 2.74. The minimum Gasteiger partial charge on any atom is -0.383 e.